The first kappa shape index (κ1) is 17.0. The van der Waals surface area contributed by atoms with Crippen LogP contribution in [0, 0.1) is 0 Å². The van der Waals surface area contributed by atoms with Crippen molar-refractivity contribution in [3.63, 3.8) is 0 Å². The summed E-state index contributed by atoms with van der Waals surface area (Å²) in [5, 5.41) is 0.926. The van der Waals surface area contributed by atoms with Crippen LogP contribution in [0.5, 0.6) is 0 Å². The molecule has 0 aliphatic carbocycles. The Morgan fingerprint density at radius 3 is 2.32 bits per heavy atom. The maximum Gasteiger partial charge on any atom is 0.232 e. The van der Waals surface area contributed by atoms with E-state index in [1.54, 1.807) is 0 Å². The molecule has 0 unspecified atom stereocenters. The van der Waals surface area contributed by atoms with Crippen LogP contribution in [-0.2, 0) is 11.2 Å². The molecule has 0 spiro atoms. The molecule has 28 heavy (non-hydrogen) atoms. The largest absolute Gasteiger partial charge is 0.437 e. The third-order valence-electron chi connectivity index (χ3n) is 5.19. The number of furan rings is 1. The van der Waals surface area contributed by atoms with Crippen molar-refractivity contribution < 1.29 is 9.15 Å². The molecule has 0 saturated carbocycles. The maximum atomic E-state index is 6.25. The molecule has 4 aromatic rings. The number of hydrogen-bond donors (Lipinski definition) is 1. The van der Waals surface area contributed by atoms with E-state index in [4.69, 9.17) is 14.9 Å². The Labute approximate surface area is 163 Å². The summed E-state index contributed by atoms with van der Waals surface area (Å²) in [6.45, 7) is 0.806. The summed E-state index contributed by atoms with van der Waals surface area (Å²) in [6.07, 6.45) is 2.99. The maximum absolute atomic E-state index is 6.25. The lowest BCUT2D eigenvalue weighted by Gasteiger charge is -2.11. The molecule has 3 heterocycles. The molecule has 1 atom stereocenters. The highest BCUT2D eigenvalue weighted by molar-refractivity contribution is 6.02. The predicted molar refractivity (Wildman–Crippen MR) is 110 cm³/mol. The molecule has 0 bridgehead atoms. The monoisotopic (exact) mass is 371 g/mol. The van der Waals surface area contributed by atoms with Gasteiger partial charge in [-0.05, 0) is 18.4 Å². The van der Waals surface area contributed by atoms with Gasteiger partial charge in [-0.15, -0.1) is 0 Å². The fourth-order valence-electron chi connectivity index (χ4n) is 3.93. The molecule has 140 valence electrons. The van der Waals surface area contributed by atoms with Gasteiger partial charge in [0.1, 0.15) is 5.76 Å². The minimum atomic E-state index is 0.163. The van der Waals surface area contributed by atoms with Gasteiger partial charge < -0.3 is 14.9 Å². The normalized spacial score (nSPS) is 16.6. The lowest BCUT2D eigenvalue weighted by molar-refractivity contribution is 0.111. The first-order valence-corrected chi connectivity index (χ1v) is 9.61. The third-order valence-corrected chi connectivity index (χ3v) is 5.19. The average molecular weight is 371 g/mol. The fraction of sp³-hybridized carbons (Fsp3) is 0.217. The Kier molecular flexibility index (Phi) is 4.29. The van der Waals surface area contributed by atoms with Crippen molar-refractivity contribution in [3.8, 4) is 22.5 Å². The Hall–Kier alpha value is -3.18. The molecular weight excluding hydrogens is 350 g/mol. The molecule has 5 nitrogen and oxygen atoms in total. The zero-order chi connectivity index (χ0) is 18.9. The van der Waals surface area contributed by atoms with Crippen molar-refractivity contribution in [2.45, 2.75) is 25.4 Å². The van der Waals surface area contributed by atoms with Gasteiger partial charge in [0.05, 0.1) is 17.2 Å². The van der Waals surface area contributed by atoms with Gasteiger partial charge in [-0.25, -0.2) is 4.98 Å². The summed E-state index contributed by atoms with van der Waals surface area (Å²) >= 11 is 0. The molecule has 5 heteroatoms. The van der Waals surface area contributed by atoms with Crippen molar-refractivity contribution >= 4 is 17.0 Å². The second kappa shape index (κ2) is 7.09. The number of anilines is 1. The molecule has 5 rings (SSSR count). The number of ether oxygens (including phenoxy) is 1. The lowest BCUT2D eigenvalue weighted by Crippen LogP contribution is -2.12. The summed E-state index contributed by atoms with van der Waals surface area (Å²) < 4.78 is 12.1. The number of nitrogens with zero attached hydrogens (tertiary/aromatic N) is 2. The van der Waals surface area contributed by atoms with Crippen LogP contribution in [0.2, 0.25) is 0 Å². The number of hydrogen-bond acceptors (Lipinski definition) is 5. The van der Waals surface area contributed by atoms with E-state index in [0.717, 1.165) is 53.0 Å². The number of aromatic nitrogens is 2. The van der Waals surface area contributed by atoms with E-state index in [9.17, 15) is 0 Å². The Morgan fingerprint density at radius 2 is 1.64 bits per heavy atom. The molecule has 1 fully saturated rings. The number of nitrogens with two attached hydrogens (primary N) is 1. The average Bonchev–Trinajstić information content (AvgIpc) is 3.37. The SMILES string of the molecule is Nc1nc(C[C@@H]2CCCO2)c2c(-c3ccccc3)c(-c3ccccc3)oc2n1. The molecular formula is C23H21N3O2. The molecule has 0 amide bonds. The van der Waals surface area contributed by atoms with Gasteiger partial charge in [0.2, 0.25) is 11.7 Å². The van der Waals surface area contributed by atoms with Crippen LogP contribution in [0.3, 0.4) is 0 Å². The van der Waals surface area contributed by atoms with Crippen LogP contribution in [0.1, 0.15) is 18.5 Å². The zero-order valence-corrected chi connectivity index (χ0v) is 15.5. The minimum Gasteiger partial charge on any atom is -0.437 e. The van der Waals surface area contributed by atoms with Crippen molar-refractivity contribution in [3.05, 3.63) is 66.4 Å². The van der Waals surface area contributed by atoms with Crippen LogP contribution < -0.4 is 5.73 Å². The van der Waals surface area contributed by atoms with Crippen LogP contribution in [0.4, 0.5) is 5.95 Å². The highest BCUT2D eigenvalue weighted by Crippen LogP contribution is 2.42. The minimum absolute atomic E-state index is 0.163. The summed E-state index contributed by atoms with van der Waals surface area (Å²) in [5.74, 6) is 1.02. The van der Waals surface area contributed by atoms with Crippen molar-refractivity contribution in [2.75, 3.05) is 12.3 Å². The molecule has 2 N–H and O–H groups in total. The van der Waals surface area contributed by atoms with E-state index < -0.39 is 0 Å². The molecule has 1 aliphatic heterocycles. The Bertz CT molecular complexity index is 1100. The number of benzene rings is 2. The van der Waals surface area contributed by atoms with Gasteiger partial charge in [0.25, 0.3) is 0 Å². The van der Waals surface area contributed by atoms with E-state index in [1.165, 1.54) is 0 Å². The lowest BCUT2D eigenvalue weighted by atomic mass is 9.97. The van der Waals surface area contributed by atoms with E-state index in [-0.39, 0.29) is 12.1 Å². The van der Waals surface area contributed by atoms with E-state index in [0.29, 0.717) is 12.1 Å². The van der Waals surface area contributed by atoms with Crippen molar-refractivity contribution in [1.29, 1.82) is 0 Å². The van der Waals surface area contributed by atoms with Crippen LogP contribution in [-0.4, -0.2) is 22.7 Å². The summed E-state index contributed by atoms with van der Waals surface area (Å²) in [4.78, 5) is 8.99. The summed E-state index contributed by atoms with van der Waals surface area (Å²) in [6, 6.07) is 20.3. The van der Waals surface area contributed by atoms with Crippen LogP contribution in [0.15, 0.2) is 65.1 Å². The van der Waals surface area contributed by atoms with Crippen LogP contribution in [0.25, 0.3) is 33.6 Å². The highest BCUT2D eigenvalue weighted by Gasteiger charge is 2.25. The number of rotatable bonds is 4. The summed E-state index contributed by atoms with van der Waals surface area (Å²) in [5.41, 5.74) is 10.5. The van der Waals surface area contributed by atoms with Gasteiger partial charge in [0, 0.05) is 24.2 Å². The smallest absolute Gasteiger partial charge is 0.232 e. The van der Waals surface area contributed by atoms with Gasteiger partial charge in [-0.2, -0.15) is 4.98 Å². The highest BCUT2D eigenvalue weighted by atomic mass is 16.5. The first-order valence-electron chi connectivity index (χ1n) is 9.61. The van der Waals surface area contributed by atoms with E-state index in [2.05, 4.69) is 22.1 Å². The fourth-order valence-corrected chi connectivity index (χ4v) is 3.93. The first-order chi connectivity index (χ1) is 13.8. The second-order valence-corrected chi connectivity index (χ2v) is 7.09. The topological polar surface area (TPSA) is 74.2 Å². The Morgan fingerprint density at radius 1 is 0.929 bits per heavy atom. The van der Waals surface area contributed by atoms with Crippen LogP contribution >= 0.6 is 0 Å². The predicted octanol–water partition coefficient (Wildman–Crippen LogP) is 4.86. The van der Waals surface area contributed by atoms with Gasteiger partial charge in [-0.1, -0.05) is 60.7 Å². The van der Waals surface area contributed by atoms with Gasteiger partial charge in [0.15, 0.2) is 0 Å². The van der Waals surface area contributed by atoms with Crippen molar-refractivity contribution in [2.24, 2.45) is 0 Å². The number of nitrogen functional groups attached to an aromatic ring is 1. The second-order valence-electron chi connectivity index (χ2n) is 7.09. The molecule has 1 saturated heterocycles. The zero-order valence-electron chi connectivity index (χ0n) is 15.5. The molecule has 2 aromatic carbocycles. The summed E-state index contributed by atoms with van der Waals surface area (Å²) in [7, 11) is 0. The standard InChI is InChI=1S/C23H21N3O2/c24-23-25-18(14-17-12-7-13-27-17)20-19(15-8-3-1-4-9-15)21(28-22(20)26-23)16-10-5-2-6-11-16/h1-6,8-11,17H,7,12-14H2,(H2,24,25,26)/t17-/m0/s1. The molecule has 0 radical (unpaired) electrons. The van der Waals surface area contributed by atoms with Gasteiger partial charge in [-0.3, -0.25) is 0 Å². The number of fused-ring (bicyclic) bond motifs is 1. The third kappa shape index (κ3) is 3.04. The van der Waals surface area contributed by atoms with E-state index >= 15 is 0 Å². The quantitative estimate of drug-likeness (QED) is 0.554. The molecule has 1 aliphatic rings. The van der Waals surface area contributed by atoms with Gasteiger partial charge >= 0.3 is 0 Å². The van der Waals surface area contributed by atoms with Crippen molar-refractivity contribution in [1.82, 2.24) is 9.97 Å². The van der Waals surface area contributed by atoms with E-state index in [1.807, 2.05) is 48.5 Å². The Balaban J connectivity index is 1.78. The molecule has 2 aromatic heterocycles.